The molecular weight excluding hydrogens is 302 g/mol. The first kappa shape index (κ1) is 14.5. The van der Waals surface area contributed by atoms with Crippen LogP contribution in [0.25, 0.3) is 0 Å². The van der Waals surface area contributed by atoms with Gasteiger partial charge in [0.25, 0.3) is 11.8 Å². The van der Waals surface area contributed by atoms with Gasteiger partial charge in [0, 0.05) is 0 Å². The van der Waals surface area contributed by atoms with Gasteiger partial charge in [-0.05, 0) is 36.1 Å². The maximum atomic E-state index is 12.1. The van der Waals surface area contributed by atoms with E-state index in [2.05, 4.69) is 0 Å². The van der Waals surface area contributed by atoms with E-state index in [1.54, 1.807) is 24.3 Å². The third-order valence-corrected chi connectivity index (χ3v) is 4.47. The molecule has 1 aromatic heterocycles. The second-order valence-corrected chi connectivity index (χ2v) is 5.79. The number of esters is 1. The fourth-order valence-electron chi connectivity index (χ4n) is 2.32. The molecule has 112 valence electrons. The minimum absolute atomic E-state index is 0.0123. The van der Waals surface area contributed by atoms with Crippen LogP contribution in [0.15, 0.2) is 35.7 Å². The molecule has 2 aromatic rings. The summed E-state index contributed by atoms with van der Waals surface area (Å²) in [6, 6.07) is 8.51. The van der Waals surface area contributed by atoms with E-state index in [9.17, 15) is 14.4 Å². The standard InChI is InChI=1S/C16H13NO4S/c1-10-6-9-22-13(10)16(20)21-8-7-17-14(18)11-4-2-3-5-12(11)15(17)19/h2-6,9H,7-8H2,1H3. The number of hydrogen-bond acceptors (Lipinski definition) is 5. The lowest BCUT2D eigenvalue weighted by atomic mass is 10.1. The first-order chi connectivity index (χ1) is 10.6. The van der Waals surface area contributed by atoms with Crippen molar-refractivity contribution < 1.29 is 19.1 Å². The molecule has 0 bridgehead atoms. The van der Waals surface area contributed by atoms with Gasteiger partial charge in [0.05, 0.1) is 17.7 Å². The van der Waals surface area contributed by atoms with Crippen LogP contribution < -0.4 is 0 Å². The Balaban J connectivity index is 1.62. The molecule has 0 spiro atoms. The number of thiophene rings is 1. The summed E-state index contributed by atoms with van der Waals surface area (Å²) in [7, 11) is 0. The minimum Gasteiger partial charge on any atom is -0.460 e. The van der Waals surface area contributed by atoms with Crippen molar-refractivity contribution in [2.45, 2.75) is 6.92 Å². The predicted octanol–water partition coefficient (Wildman–Crippen LogP) is 2.51. The fraction of sp³-hybridized carbons (Fsp3) is 0.188. The zero-order valence-electron chi connectivity index (χ0n) is 11.9. The molecule has 0 saturated heterocycles. The topological polar surface area (TPSA) is 63.7 Å². The van der Waals surface area contributed by atoms with Gasteiger partial charge < -0.3 is 4.74 Å². The minimum atomic E-state index is -0.427. The maximum Gasteiger partial charge on any atom is 0.348 e. The quantitative estimate of drug-likeness (QED) is 0.642. The third-order valence-electron chi connectivity index (χ3n) is 3.47. The van der Waals surface area contributed by atoms with Gasteiger partial charge in [-0.25, -0.2) is 4.79 Å². The van der Waals surface area contributed by atoms with E-state index in [1.807, 2.05) is 18.4 Å². The highest BCUT2D eigenvalue weighted by molar-refractivity contribution is 7.12. The van der Waals surface area contributed by atoms with Gasteiger partial charge in [0.15, 0.2) is 0 Å². The van der Waals surface area contributed by atoms with Gasteiger partial charge in [-0.1, -0.05) is 12.1 Å². The summed E-state index contributed by atoms with van der Waals surface area (Å²) in [5.41, 5.74) is 1.65. The van der Waals surface area contributed by atoms with Crippen LogP contribution >= 0.6 is 11.3 Å². The van der Waals surface area contributed by atoms with Gasteiger partial charge in [0.2, 0.25) is 0 Å². The molecule has 0 saturated carbocycles. The SMILES string of the molecule is Cc1ccsc1C(=O)OCCN1C(=O)c2ccccc2C1=O. The zero-order valence-corrected chi connectivity index (χ0v) is 12.7. The van der Waals surface area contributed by atoms with Gasteiger partial charge >= 0.3 is 5.97 Å². The van der Waals surface area contributed by atoms with Crippen LogP contribution in [0.3, 0.4) is 0 Å². The second-order valence-electron chi connectivity index (χ2n) is 4.88. The molecule has 0 atom stereocenters. The van der Waals surface area contributed by atoms with Crippen LogP contribution in [-0.4, -0.2) is 35.8 Å². The highest BCUT2D eigenvalue weighted by Gasteiger charge is 2.34. The number of ether oxygens (including phenoxy) is 1. The largest absolute Gasteiger partial charge is 0.460 e. The van der Waals surface area contributed by atoms with Gasteiger partial charge in [-0.2, -0.15) is 0 Å². The van der Waals surface area contributed by atoms with Crippen molar-refractivity contribution in [3.05, 3.63) is 57.3 Å². The van der Waals surface area contributed by atoms with E-state index < -0.39 is 5.97 Å². The van der Waals surface area contributed by atoms with Crippen molar-refractivity contribution in [1.29, 1.82) is 0 Å². The molecule has 0 fully saturated rings. The van der Waals surface area contributed by atoms with Crippen molar-refractivity contribution in [1.82, 2.24) is 4.90 Å². The molecule has 0 N–H and O–H groups in total. The second kappa shape index (κ2) is 5.73. The monoisotopic (exact) mass is 315 g/mol. The highest BCUT2D eigenvalue weighted by atomic mass is 32.1. The van der Waals surface area contributed by atoms with Crippen molar-refractivity contribution in [3.63, 3.8) is 0 Å². The van der Waals surface area contributed by atoms with Crippen LogP contribution in [-0.2, 0) is 4.74 Å². The normalized spacial score (nSPS) is 13.4. The summed E-state index contributed by atoms with van der Waals surface area (Å²) in [5, 5.41) is 1.82. The summed E-state index contributed by atoms with van der Waals surface area (Å²) in [4.78, 5) is 37.8. The Hall–Kier alpha value is -2.47. The fourth-order valence-corrected chi connectivity index (χ4v) is 3.14. The number of benzene rings is 1. The Labute approximate surface area is 131 Å². The van der Waals surface area contributed by atoms with E-state index in [-0.39, 0.29) is 25.0 Å². The molecule has 3 rings (SSSR count). The zero-order chi connectivity index (χ0) is 15.7. The number of carbonyl (C=O) groups is 3. The summed E-state index contributed by atoms with van der Waals surface area (Å²) in [5.74, 6) is -1.11. The van der Waals surface area contributed by atoms with Crippen LogP contribution in [0.5, 0.6) is 0 Å². The smallest absolute Gasteiger partial charge is 0.348 e. The summed E-state index contributed by atoms with van der Waals surface area (Å²) >= 11 is 1.31. The van der Waals surface area contributed by atoms with E-state index >= 15 is 0 Å². The van der Waals surface area contributed by atoms with Crippen molar-refractivity contribution >= 4 is 29.1 Å². The Morgan fingerprint density at radius 2 is 1.77 bits per heavy atom. The number of hydrogen-bond donors (Lipinski definition) is 0. The predicted molar refractivity (Wildman–Crippen MR) is 81.1 cm³/mol. The summed E-state index contributed by atoms with van der Waals surface area (Å²) < 4.78 is 5.15. The average Bonchev–Trinajstić information content (AvgIpc) is 3.05. The molecule has 1 aliphatic heterocycles. The average molecular weight is 315 g/mol. The molecule has 0 radical (unpaired) electrons. The lowest BCUT2D eigenvalue weighted by Gasteiger charge is -2.13. The molecule has 22 heavy (non-hydrogen) atoms. The first-order valence-electron chi connectivity index (χ1n) is 6.76. The number of imide groups is 1. The van der Waals surface area contributed by atoms with E-state index in [1.165, 1.54) is 11.3 Å². The number of carbonyl (C=O) groups excluding carboxylic acids is 3. The van der Waals surface area contributed by atoms with E-state index in [4.69, 9.17) is 4.74 Å². The Bertz CT molecular complexity index is 730. The number of amides is 2. The van der Waals surface area contributed by atoms with Gasteiger partial charge in [-0.15, -0.1) is 11.3 Å². The lowest BCUT2D eigenvalue weighted by Crippen LogP contribution is -2.33. The van der Waals surface area contributed by atoms with Crippen LogP contribution in [0.2, 0.25) is 0 Å². The molecule has 6 heteroatoms. The number of nitrogens with zero attached hydrogens (tertiary/aromatic N) is 1. The summed E-state index contributed by atoms with van der Waals surface area (Å²) in [6.07, 6.45) is 0. The van der Waals surface area contributed by atoms with Crippen LogP contribution in [0, 0.1) is 6.92 Å². The van der Waals surface area contributed by atoms with E-state index in [0.717, 1.165) is 10.5 Å². The van der Waals surface area contributed by atoms with Gasteiger partial charge in [-0.3, -0.25) is 14.5 Å². The first-order valence-corrected chi connectivity index (χ1v) is 7.64. The molecule has 0 aliphatic carbocycles. The summed E-state index contributed by atoms with van der Waals surface area (Å²) in [6.45, 7) is 1.88. The van der Waals surface area contributed by atoms with Gasteiger partial charge in [0.1, 0.15) is 11.5 Å². The Morgan fingerprint density at radius 3 is 2.32 bits per heavy atom. The molecule has 0 unspecified atom stereocenters. The Morgan fingerprint density at radius 1 is 1.14 bits per heavy atom. The third kappa shape index (κ3) is 2.42. The van der Waals surface area contributed by atoms with Crippen molar-refractivity contribution in [2.24, 2.45) is 0 Å². The van der Waals surface area contributed by atoms with Crippen molar-refractivity contribution in [3.8, 4) is 0 Å². The van der Waals surface area contributed by atoms with Crippen molar-refractivity contribution in [2.75, 3.05) is 13.2 Å². The van der Waals surface area contributed by atoms with Crippen LogP contribution in [0.4, 0.5) is 0 Å². The van der Waals surface area contributed by atoms with E-state index in [0.29, 0.717) is 16.0 Å². The number of aryl methyl sites for hydroxylation is 1. The maximum absolute atomic E-state index is 12.1. The molecule has 1 aromatic carbocycles. The van der Waals surface area contributed by atoms with Crippen LogP contribution in [0.1, 0.15) is 36.0 Å². The molecule has 2 heterocycles. The number of fused-ring (bicyclic) bond motifs is 1. The molecule has 5 nitrogen and oxygen atoms in total. The lowest BCUT2D eigenvalue weighted by molar-refractivity contribution is 0.0424. The molecule has 2 amide bonds. The molecule has 1 aliphatic rings. The number of rotatable bonds is 4. The molecular formula is C16H13NO4S. The highest BCUT2D eigenvalue weighted by Crippen LogP contribution is 2.22. The Kier molecular flexibility index (Phi) is 3.77.